The molecule has 0 bridgehead atoms. The molecule has 2 aromatic heterocycles. The first kappa shape index (κ1) is 56.5. The highest BCUT2D eigenvalue weighted by Crippen LogP contribution is 2.52. The van der Waals surface area contributed by atoms with Gasteiger partial charge in [0.05, 0.1) is 61.2 Å². The molecule has 2 fully saturated rings. The maximum absolute atomic E-state index is 15.6. The zero-order valence-electron chi connectivity index (χ0n) is 44.6. The lowest BCUT2D eigenvalue weighted by molar-refractivity contribution is -0.172. The van der Waals surface area contributed by atoms with Crippen molar-refractivity contribution in [2.45, 2.75) is 107 Å². The summed E-state index contributed by atoms with van der Waals surface area (Å²) in [6.07, 6.45) is 3.71. The van der Waals surface area contributed by atoms with Gasteiger partial charge in [-0.3, -0.25) is 52.8 Å². The molecule has 26 heteroatoms. The molecule has 82 heavy (non-hydrogen) atoms. The van der Waals surface area contributed by atoms with Gasteiger partial charge >= 0.3 is 11.9 Å². The van der Waals surface area contributed by atoms with Crippen molar-refractivity contribution in [1.29, 1.82) is 0 Å². The SMILES string of the molecule is CC[C@@]1(O)C(=O)OCc2c1cc1n(c2=O)Cc2c-1nc1cc(F)c(C)c3c1c2[C@H](NC(=O)[C@H](CC1CC1)OCNC(=O)CNC(=O)C1(NC(=O)CNC(=O)CNC(=O)[C@@H](CNCC(=O)O)N2C(=O)C=CC2=O)CC1c1ccccc1)CC3. The molecule has 430 valence electrons. The number of benzene rings is 2. The Morgan fingerprint density at radius 1 is 0.866 bits per heavy atom. The summed E-state index contributed by atoms with van der Waals surface area (Å²) < 4.78 is 28.4. The van der Waals surface area contributed by atoms with Crippen molar-refractivity contribution in [2.75, 3.05) is 39.5 Å². The van der Waals surface area contributed by atoms with Crippen molar-refractivity contribution in [1.82, 2.24) is 51.7 Å². The molecule has 9 N–H and O–H groups in total. The molecule has 8 amide bonds. The van der Waals surface area contributed by atoms with Gasteiger partial charge in [-0.1, -0.05) is 50.1 Å². The molecule has 4 aromatic rings. The Bertz CT molecular complexity index is 3480. The van der Waals surface area contributed by atoms with E-state index in [0.717, 1.165) is 30.6 Å². The number of pyridine rings is 2. The van der Waals surface area contributed by atoms with Crippen molar-refractivity contribution in [3.05, 3.63) is 110 Å². The number of halogens is 1. The number of esters is 1. The van der Waals surface area contributed by atoms with Crippen molar-refractivity contribution in [3.63, 3.8) is 0 Å². The van der Waals surface area contributed by atoms with Crippen LogP contribution in [0, 0.1) is 18.7 Å². The fourth-order valence-electron chi connectivity index (χ4n) is 11.4. The van der Waals surface area contributed by atoms with Crippen LogP contribution in [0.2, 0.25) is 0 Å². The molecule has 10 rings (SSSR count). The molecule has 2 saturated carbocycles. The molecule has 2 unspecified atom stereocenters. The van der Waals surface area contributed by atoms with Gasteiger partial charge in [0.25, 0.3) is 17.4 Å². The number of aliphatic carboxylic acids is 1. The van der Waals surface area contributed by atoms with E-state index in [9.17, 15) is 57.8 Å². The molecule has 2 aromatic carbocycles. The first-order chi connectivity index (χ1) is 39.2. The second kappa shape index (κ2) is 22.7. The number of rotatable bonds is 23. The van der Waals surface area contributed by atoms with E-state index < -0.39 is 145 Å². The third kappa shape index (κ3) is 10.9. The van der Waals surface area contributed by atoms with Crippen LogP contribution in [0.3, 0.4) is 0 Å². The lowest BCUT2D eigenvalue weighted by atomic mass is 9.81. The van der Waals surface area contributed by atoms with E-state index in [-0.39, 0.29) is 43.0 Å². The minimum Gasteiger partial charge on any atom is -0.480 e. The number of hydrogen-bond donors (Lipinski definition) is 9. The lowest BCUT2D eigenvalue weighted by Crippen LogP contribution is -2.56. The topological polar surface area (TPSA) is 352 Å². The second-order valence-electron chi connectivity index (χ2n) is 21.3. The Hall–Kier alpha value is -8.75. The van der Waals surface area contributed by atoms with Crippen LogP contribution < -0.4 is 42.8 Å². The molecule has 3 aliphatic carbocycles. The summed E-state index contributed by atoms with van der Waals surface area (Å²) in [6.45, 7) is -0.384. The minimum absolute atomic E-state index is 0.0393. The Kier molecular flexibility index (Phi) is 15.6. The molecule has 6 aliphatic rings. The molecule has 0 spiro atoms. The summed E-state index contributed by atoms with van der Waals surface area (Å²) in [6, 6.07) is 9.53. The Balaban J connectivity index is 0.765. The first-order valence-corrected chi connectivity index (χ1v) is 26.9. The quantitative estimate of drug-likeness (QED) is 0.0221. The number of aliphatic hydroxyl groups is 1. The van der Waals surface area contributed by atoms with E-state index in [1.807, 2.05) is 0 Å². The molecular weight excluding hydrogens is 1070 g/mol. The van der Waals surface area contributed by atoms with Gasteiger partial charge in [0.1, 0.15) is 36.8 Å². The van der Waals surface area contributed by atoms with Crippen molar-refractivity contribution >= 4 is 70.1 Å². The van der Waals surface area contributed by atoms with Crippen LogP contribution in [-0.2, 0) is 82.6 Å². The van der Waals surface area contributed by atoms with E-state index in [1.54, 1.807) is 50.2 Å². The van der Waals surface area contributed by atoms with Crippen LogP contribution in [0.4, 0.5) is 4.39 Å². The third-order valence-corrected chi connectivity index (χ3v) is 16.1. The zero-order chi connectivity index (χ0) is 58.4. The fraction of sp³-hybridized carbons (Fsp3) is 0.429. The van der Waals surface area contributed by atoms with Gasteiger partial charge in [0.15, 0.2) is 5.60 Å². The summed E-state index contributed by atoms with van der Waals surface area (Å²) in [7, 11) is 0. The molecule has 3 aliphatic heterocycles. The van der Waals surface area contributed by atoms with Gasteiger partial charge in [0, 0.05) is 47.2 Å². The number of amides is 8. The van der Waals surface area contributed by atoms with Crippen molar-refractivity contribution in [2.24, 2.45) is 5.92 Å². The van der Waals surface area contributed by atoms with Gasteiger partial charge in [-0.05, 0) is 73.3 Å². The Labute approximate surface area is 466 Å². The van der Waals surface area contributed by atoms with Crippen LogP contribution in [0.5, 0.6) is 0 Å². The number of carbonyl (C=O) groups excluding carboxylic acids is 9. The number of nitrogens with zero attached hydrogens (tertiary/aromatic N) is 3. The van der Waals surface area contributed by atoms with Crippen LogP contribution >= 0.6 is 0 Å². The van der Waals surface area contributed by atoms with E-state index in [2.05, 4.69) is 37.2 Å². The predicted molar refractivity (Wildman–Crippen MR) is 283 cm³/mol. The summed E-state index contributed by atoms with van der Waals surface area (Å²) in [5.74, 6) is -9.08. The maximum atomic E-state index is 15.6. The number of carbonyl (C=O) groups is 10. The number of cyclic esters (lactones) is 1. The van der Waals surface area contributed by atoms with Gasteiger partial charge < -0.3 is 61.5 Å². The number of nitrogens with one attached hydrogen (secondary N) is 7. The van der Waals surface area contributed by atoms with E-state index in [1.165, 1.54) is 10.6 Å². The van der Waals surface area contributed by atoms with Crippen molar-refractivity contribution < 1.29 is 72.0 Å². The summed E-state index contributed by atoms with van der Waals surface area (Å²) in [5.41, 5.74) is 0.277. The van der Waals surface area contributed by atoms with Gasteiger partial charge in [-0.25, -0.2) is 14.2 Å². The van der Waals surface area contributed by atoms with Crippen LogP contribution in [0.15, 0.2) is 59.4 Å². The van der Waals surface area contributed by atoms with Crippen LogP contribution in [0.1, 0.15) is 96.4 Å². The number of carboxylic acids is 1. The zero-order valence-corrected chi connectivity index (χ0v) is 44.6. The van der Waals surface area contributed by atoms with Crippen LogP contribution in [0.25, 0.3) is 22.3 Å². The van der Waals surface area contributed by atoms with E-state index in [4.69, 9.17) is 19.6 Å². The monoisotopic (exact) mass is 1130 g/mol. The molecule has 0 radical (unpaired) electrons. The minimum atomic E-state index is -2.07. The average molecular weight is 1130 g/mol. The summed E-state index contributed by atoms with van der Waals surface area (Å²) >= 11 is 0. The number of fused-ring (bicyclic) bond motifs is 5. The number of aromatic nitrogens is 2. The van der Waals surface area contributed by atoms with Gasteiger partial charge in [0.2, 0.25) is 35.4 Å². The summed E-state index contributed by atoms with van der Waals surface area (Å²) in [5, 5.41) is 39.1. The Morgan fingerprint density at radius 2 is 1.57 bits per heavy atom. The predicted octanol–water partition coefficient (Wildman–Crippen LogP) is -0.751. The van der Waals surface area contributed by atoms with Gasteiger partial charge in [-0.2, -0.15) is 0 Å². The van der Waals surface area contributed by atoms with Crippen LogP contribution in [-0.4, -0.2) is 141 Å². The smallest absolute Gasteiger partial charge is 0.343 e. The Morgan fingerprint density at radius 3 is 2.28 bits per heavy atom. The number of hydrogen-bond acceptors (Lipinski definition) is 16. The number of imide groups is 1. The number of aryl methyl sites for hydroxylation is 1. The second-order valence-corrected chi connectivity index (χ2v) is 21.3. The highest BCUT2D eigenvalue weighted by atomic mass is 19.1. The van der Waals surface area contributed by atoms with Crippen molar-refractivity contribution in [3.8, 4) is 11.4 Å². The molecule has 6 atom stereocenters. The number of carboxylic acid groups (broad SMARTS) is 1. The normalized spacial score (nSPS) is 21.6. The van der Waals surface area contributed by atoms with E-state index in [0.29, 0.717) is 68.7 Å². The van der Waals surface area contributed by atoms with Gasteiger partial charge in [-0.15, -0.1) is 0 Å². The first-order valence-electron chi connectivity index (χ1n) is 26.9. The third-order valence-electron chi connectivity index (χ3n) is 16.1. The molecule has 5 heterocycles. The highest BCUT2D eigenvalue weighted by Gasteiger charge is 2.61. The maximum Gasteiger partial charge on any atom is 0.343 e. The van der Waals surface area contributed by atoms with E-state index >= 15 is 4.39 Å². The fourth-order valence-corrected chi connectivity index (χ4v) is 11.4. The largest absolute Gasteiger partial charge is 0.480 e. The number of ether oxygens (including phenoxy) is 2. The highest BCUT2D eigenvalue weighted by molar-refractivity contribution is 6.15. The molecular formula is C56H59FN10O15. The lowest BCUT2D eigenvalue weighted by Gasteiger charge is -2.31. The molecule has 25 nitrogen and oxygen atoms in total. The summed E-state index contributed by atoms with van der Waals surface area (Å²) in [4.78, 5) is 149. The standard InChI is InChI=1S/C56H59FN10O15/c1-3-56(80)33-16-38-49-31(24-66(38)52(77)32(33)25-81-54(56)79)48-36(12-11-30-27(2)35(57)17-37(63-49)47(30)48)64-51(76)40(15-28-9-10-28)82-26-62-42(69)21-61-53(78)55(18-34(55)29-7-5-4-6-8-29)65-43(70)22-59-41(68)20-60-50(75)39(19-58-23-46(73)74)67-44(71)13-14-45(67)72/h4-8,13-14,16-17,28,34,36,39-40,58,80H,3,9-12,15,18-26H2,1-2H3,(H,59,68)(H,60,75)(H,61,78)(H,62,69)(H,64,76)(H,65,70)(H,73,74)/t34?,36-,39-,40+,55?,56+/m1/s1. The molecule has 0 saturated heterocycles. The average Bonchev–Trinajstić information content (AvgIpc) is 1.95.